The third-order valence-electron chi connectivity index (χ3n) is 12.9. The van der Waals surface area contributed by atoms with Crippen LogP contribution in [-0.2, 0) is 0 Å². The summed E-state index contributed by atoms with van der Waals surface area (Å²) in [6.45, 7) is 0. The van der Waals surface area contributed by atoms with Crippen molar-refractivity contribution >= 4 is 76.9 Å². The molecule has 0 N–H and O–H groups in total. The van der Waals surface area contributed by atoms with E-state index in [-0.39, 0.29) is 14.5 Å². The van der Waals surface area contributed by atoms with Gasteiger partial charge in [0.25, 0.3) is 0 Å². The predicted octanol–water partition coefficient (Wildman–Crippen LogP) is 15.8. The Morgan fingerprint density at radius 3 is 1.09 bits per heavy atom. The fraction of sp³-hybridized carbons (Fsp3) is 0. The van der Waals surface area contributed by atoms with Crippen LogP contribution in [0.1, 0.15) is 0 Å². The molecule has 0 unspecified atom stereocenters. The van der Waals surface area contributed by atoms with E-state index in [2.05, 4.69) is 188 Å². The molecule has 0 saturated carbocycles. The number of hydrogen-bond acceptors (Lipinski definition) is 3. The summed E-state index contributed by atoms with van der Waals surface area (Å²) in [5.74, 6) is 1.96. The van der Waals surface area contributed by atoms with Crippen LogP contribution in [0.5, 0.6) is 0 Å². The van der Waals surface area contributed by atoms with Crippen molar-refractivity contribution in [3.05, 3.63) is 224 Å². The van der Waals surface area contributed by atoms with Crippen molar-refractivity contribution < 1.29 is 0 Å². The van der Waals surface area contributed by atoms with E-state index in [1.807, 2.05) is 36.4 Å². The molecular formula is C61H37N3Se. The van der Waals surface area contributed by atoms with E-state index in [1.165, 1.54) is 85.0 Å². The molecule has 302 valence electrons. The van der Waals surface area contributed by atoms with Crippen molar-refractivity contribution in [2.24, 2.45) is 0 Å². The zero-order chi connectivity index (χ0) is 42.8. The quantitative estimate of drug-likeness (QED) is 0.123. The first kappa shape index (κ1) is 37.5. The molecule has 0 spiro atoms. The van der Waals surface area contributed by atoms with Gasteiger partial charge in [0, 0.05) is 0 Å². The molecule has 0 aliphatic rings. The SMILES string of the molecule is c1ccc(-c2nc(-c3ccccc3)nc(-c3c4ccccc4c(-c4cccc5[se]c6c(-c7c8ccccc8c(-c8ccccc8)c8ccccc78)cccc6c45)c4ccccc34)n2)cc1. The Bertz CT molecular complexity index is 3820. The molecule has 3 nitrogen and oxygen atoms in total. The number of rotatable bonds is 6. The van der Waals surface area contributed by atoms with E-state index >= 15 is 0 Å². The second-order valence-electron chi connectivity index (χ2n) is 16.5. The minimum atomic E-state index is 0.0652. The number of aromatic nitrogens is 3. The Morgan fingerprint density at radius 1 is 0.246 bits per heavy atom. The van der Waals surface area contributed by atoms with Crippen LogP contribution >= 0.6 is 0 Å². The van der Waals surface area contributed by atoms with Crippen LogP contribution < -0.4 is 0 Å². The first-order valence-electron chi connectivity index (χ1n) is 22.0. The van der Waals surface area contributed by atoms with Gasteiger partial charge in [-0.25, -0.2) is 0 Å². The normalized spacial score (nSPS) is 11.7. The van der Waals surface area contributed by atoms with Gasteiger partial charge in [-0.1, -0.05) is 36.4 Å². The van der Waals surface area contributed by atoms with Crippen molar-refractivity contribution in [2.45, 2.75) is 0 Å². The zero-order valence-electron chi connectivity index (χ0n) is 35.1. The fourth-order valence-corrected chi connectivity index (χ4v) is 12.8. The zero-order valence-corrected chi connectivity index (χ0v) is 36.8. The molecule has 13 rings (SSSR count). The van der Waals surface area contributed by atoms with Crippen LogP contribution in [-0.4, -0.2) is 29.5 Å². The molecule has 65 heavy (non-hydrogen) atoms. The molecule has 0 atom stereocenters. The minimum Gasteiger partial charge on any atom is -0.0615 e. The smallest absolute Gasteiger partial charge is 0.0615 e. The van der Waals surface area contributed by atoms with Gasteiger partial charge in [0.05, 0.1) is 0 Å². The fourth-order valence-electron chi connectivity index (χ4n) is 10.2. The number of hydrogen-bond donors (Lipinski definition) is 0. The molecule has 2 heterocycles. The molecule has 11 aromatic carbocycles. The van der Waals surface area contributed by atoms with Crippen LogP contribution in [0.3, 0.4) is 0 Å². The Kier molecular flexibility index (Phi) is 8.87. The van der Waals surface area contributed by atoms with E-state index in [0.29, 0.717) is 17.5 Å². The molecule has 0 aliphatic carbocycles. The second-order valence-corrected chi connectivity index (χ2v) is 18.8. The predicted molar refractivity (Wildman–Crippen MR) is 274 cm³/mol. The van der Waals surface area contributed by atoms with Crippen molar-refractivity contribution in [3.8, 4) is 67.5 Å². The summed E-state index contributed by atoms with van der Waals surface area (Å²) in [4.78, 5) is 15.6. The van der Waals surface area contributed by atoms with E-state index in [9.17, 15) is 0 Å². The minimum absolute atomic E-state index is 0.0652. The number of benzene rings is 11. The topological polar surface area (TPSA) is 38.7 Å². The van der Waals surface area contributed by atoms with Crippen LogP contribution in [0.25, 0.3) is 130 Å². The van der Waals surface area contributed by atoms with E-state index in [0.717, 1.165) is 27.5 Å². The Morgan fingerprint density at radius 2 is 0.600 bits per heavy atom. The van der Waals surface area contributed by atoms with Gasteiger partial charge in [-0.2, -0.15) is 0 Å². The standard InChI is InChI=1S/C61H37N3Se/c1-4-20-38(21-5-1)53-41-26-10-12-28-43(41)55(44-29-13-11-27-42(44)53)50-35-18-36-51-56-49(34-19-37-52(56)65-58(50)51)54-45-30-14-16-32-47(45)57(48-33-17-15-31-46(48)54)61-63-59(39-22-6-2-7-23-39)62-60(64-61)40-24-8-3-9-25-40/h1-37H. The number of fused-ring (bicyclic) bond motifs is 7. The summed E-state index contributed by atoms with van der Waals surface area (Å²) in [7, 11) is 0. The Labute approximate surface area is 381 Å². The van der Waals surface area contributed by atoms with E-state index in [1.54, 1.807) is 0 Å². The molecule has 0 amide bonds. The molecular weight excluding hydrogens is 854 g/mol. The number of nitrogens with zero attached hydrogens (tertiary/aromatic N) is 3. The van der Waals surface area contributed by atoms with Gasteiger partial charge in [-0.15, -0.1) is 0 Å². The van der Waals surface area contributed by atoms with Gasteiger partial charge in [-0.3, -0.25) is 0 Å². The first-order chi connectivity index (χ1) is 32.3. The second kappa shape index (κ2) is 15.4. The molecule has 0 fully saturated rings. The van der Waals surface area contributed by atoms with Crippen LogP contribution in [0.4, 0.5) is 0 Å². The van der Waals surface area contributed by atoms with Gasteiger partial charge in [0.2, 0.25) is 0 Å². The third-order valence-corrected chi connectivity index (χ3v) is 15.4. The maximum atomic E-state index is 5.27. The molecule has 0 bridgehead atoms. The monoisotopic (exact) mass is 891 g/mol. The van der Waals surface area contributed by atoms with Crippen LogP contribution in [0.2, 0.25) is 0 Å². The van der Waals surface area contributed by atoms with Gasteiger partial charge in [-0.05, 0) is 0 Å². The summed E-state index contributed by atoms with van der Waals surface area (Å²) >= 11 is 0.0652. The maximum absolute atomic E-state index is 5.27. The molecule has 13 aromatic rings. The summed E-state index contributed by atoms with van der Waals surface area (Å²) in [5, 5.41) is 12.3. The summed E-state index contributed by atoms with van der Waals surface area (Å²) in [6, 6.07) is 80.9. The van der Waals surface area contributed by atoms with Crippen molar-refractivity contribution in [3.63, 3.8) is 0 Å². The summed E-state index contributed by atoms with van der Waals surface area (Å²) in [6.07, 6.45) is 0. The van der Waals surface area contributed by atoms with Crippen molar-refractivity contribution in [1.29, 1.82) is 0 Å². The molecule has 0 aliphatic heterocycles. The first-order valence-corrected chi connectivity index (χ1v) is 23.7. The van der Waals surface area contributed by atoms with E-state index in [4.69, 9.17) is 15.0 Å². The molecule has 0 saturated heterocycles. The van der Waals surface area contributed by atoms with Gasteiger partial charge < -0.3 is 0 Å². The Hall–Kier alpha value is -8.01. The molecule has 0 radical (unpaired) electrons. The summed E-state index contributed by atoms with van der Waals surface area (Å²) in [5.41, 5.74) is 10.5. The van der Waals surface area contributed by atoms with Crippen molar-refractivity contribution in [2.75, 3.05) is 0 Å². The Balaban J connectivity index is 1.08. The van der Waals surface area contributed by atoms with Gasteiger partial charge in [0.1, 0.15) is 0 Å². The van der Waals surface area contributed by atoms with Crippen LogP contribution in [0.15, 0.2) is 224 Å². The van der Waals surface area contributed by atoms with E-state index < -0.39 is 0 Å². The average Bonchev–Trinajstić information content (AvgIpc) is 3.77. The summed E-state index contributed by atoms with van der Waals surface area (Å²) < 4.78 is 2.84. The third kappa shape index (κ3) is 6.07. The molecule has 2 aromatic heterocycles. The van der Waals surface area contributed by atoms with Gasteiger partial charge >= 0.3 is 347 Å². The van der Waals surface area contributed by atoms with Crippen LogP contribution in [0, 0.1) is 0 Å². The van der Waals surface area contributed by atoms with Crippen molar-refractivity contribution in [1.82, 2.24) is 15.0 Å². The van der Waals surface area contributed by atoms with Gasteiger partial charge in [0.15, 0.2) is 0 Å². The molecule has 4 heteroatoms. The average molecular weight is 891 g/mol.